The number of rotatable bonds is 4. The summed E-state index contributed by atoms with van der Waals surface area (Å²) in [5.74, 6) is 0. The van der Waals surface area contributed by atoms with E-state index >= 15 is 0 Å². The van der Waals surface area contributed by atoms with Gasteiger partial charge in [0.15, 0.2) is 0 Å². The predicted molar refractivity (Wildman–Crippen MR) is 68.2 cm³/mol. The highest BCUT2D eigenvalue weighted by molar-refractivity contribution is 5.82. The summed E-state index contributed by atoms with van der Waals surface area (Å²) < 4.78 is 0. The highest BCUT2D eigenvalue weighted by Gasteiger charge is 2.09. The standard InChI is InChI=1S/C14H18N2/c1-2-3-7-13(15)11-9-10-16-14-8-5-4-6-12(11)14/h4-6,8-10,13H,2-3,7,15H2,1H3/t13-/m1/s1. The van der Waals surface area contributed by atoms with Gasteiger partial charge in [0.2, 0.25) is 0 Å². The van der Waals surface area contributed by atoms with Crippen LogP contribution in [0, 0.1) is 0 Å². The summed E-state index contributed by atoms with van der Waals surface area (Å²) in [6.07, 6.45) is 5.27. The molecule has 0 radical (unpaired) electrons. The first-order valence-electron chi connectivity index (χ1n) is 5.92. The summed E-state index contributed by atoms with van der Waals surface area (Å²) in [4.78, 5) is 4.35. The molecule has 1 aromatic heterocycles. The van der Waals surface area contributed by atoms with E-state index in [0.29, 0.717) is 0 Å². The number of unbranched alkanes of at least 4 members (excludes halogenated alkanes) is 1. The number of fused-ring (bicyclic) bond motifs is 1. The van der Waals surface area contributed by atoms with Crippen LogP contribution >= 0.6 is 0 Å². The van der Waals surface area contributed by atoms with Crippen molar-refractivity contribution < 1.29 is 0 Å². The lowest BCUT2D eigenvalue weighted by molar-refractivity contribution is 0.606. The Balaban J connectivity index is 2.36. The quantitative estimate of drug-likeness (QED) is 0.846. The summed E-state index contributed by atoms with van der Waals surface area (Å²) >= 11 is 0. The highest BCUT2D eigenvalue weighted by atomic mass is 14.7. The van der Waals surface area contributed by atoms with Crippen LogP contribution < -0.4 is 5.73 Å². The van der Waals surface area contributed by atoms with Crippen LogP contribution in [0.2, 0.25) is 0 Å². The Morgan fingerprint density at radius 3 is 2.88 bits per heavy atom. The minimum atomic E-state index is 0.132. The summed E-state index contributed by atoms with van der Waals surface area (Å²) in [6, 6.07) is 10.4. The van der Waals surface area contributed by atoms with Gasteiger partial charge in [0.05, 0.1) is 5.52 Å². The summed E-state index contributed by atoms with van der Waals surface area (Å²) in [7, 11) is 0. The minimum absolute atomic E-state index is 0.132. The van der Waals surface area contributed by atoms with E-state index in [0.717, 1.165) is 11.9 Å². The molecule has 2 rings (SSSR count). The summed E-state index contributed by atoms with van der Waals surface area (Å²) in [5.41, 5.74) is 8.47. The Labute approximate surface area is 96.5 Å². The molecule has 2 nitrogen and oxygen atoms in total. The lowest BCUT2D eigenvalue weighted by atomic mass is 9.99. The van der Waals surface area contributed by atoms with Gasteiger partial charge < -0.3 is 5.73 Å². The van der Waals surface area contributed by atoms with Crippen molar-refractivity contribution in [1.29, 1.82) is 0 Å². The first-order chi connectivity index (χ1) is 7.83. The first kappa shape index (κ1) is 11.1. The lowest BCUT2D eigenvalue weighted by Crippen LogP contribution is -2.10. The van der Waals surface area contributed by atoms with E-state index in [-0.39, 0.29) is 6.04 Å². The number of benzene rings is 1. The van der Waals surface area contributed by atoms with Gasteiger partial charge in [-0.05, 0) is 24.1 Å². The molecular weight excluding hydrogens is 196 g/mol. The van der Waals surface area contributed by atoms with Gasteiger partial charge in [-0.15, -0.1) is 0 Å². The van der Waals surface area contributed by atoms with Crippen molar-refractivity contribution in [2.45, 2.75) is 32.2 Å². The fraction of sp³-hybridized carbons (Fsp3) is 0.357. The second-order valence-electron chi connectivity index (χ2n) is 4.17. The molecule has 0 unspecified atom stereocenters. The van der Waals surface area contributed by atoms with Crippen molar-refractivity contribution >= 4 is 10.9 Å². The van der Waals surface area contributed by atoms with Crippen molar-refractivity contribution in [2.75, 3.05) is 0 Å². The van der Waals surface area contributed by atoms with Crippen LogP contribution in [-0.4, -0.2) is 4.98 Å². The maximum absolute atomic E-state index is 6.22. The number of hydrogen-bond acceptors (Lipinski definition) is 2. The van der Waals surface area contributed by atoms with Crippen LogP contribution in [0.25, 0.3) is 10.9 Å². The SMILES string of the molecule is CCCC[C@@H](N)c1ccnc2ccccc12. The molecule has 0 aliphatic rings. The van der Waals surface area contributed by atoms with Crippen LogP contribution in [0.5, 0.6) is 0 Å². The molecule has 0 aliphatic heterocycles. The van der Waals surface area contributed by atoms with Crippen LogP contribution in [0.15, 0.2) is 36.5 Å². The monoisotopic (exact) mass is 214 g/mol. The Kier molecular flexibility index (Phi) is 3.52. The fourth-order valence-electron chi connectivity index (χ4n) is 2.02. The van der Waals surface area contributed by atoms with Gasteiger partial charge >= 0.3 is 0 Å². The molecule has 0 fully saturated rings. The fourth-order valence-corrected chi connectivity index (χ4v) is 2.02. The third-order valence-electron chi connectivity index (χ3n) is 2.95. The maximum atomic E-state index is 6.22. The second-order valence-corrected chi connectivity index (χ2v) is 4.17. The molecule has 0 bridgehead atoms. The van der Waals surface area contributed by atoms with E-state index in [9.17, 15) is 0 Å². The zero-order chi connectivity index (χ0) is 11.4. The van der Waals surface area contributed by atoms with E-state index in [4.69, 9.17) is 5.73 Å². The normalized spacial score (nSPS) is 12.9. The first-order valence-corrected chi connectivity index (χ1v) is 5.92. The molecule has 1 aromatic carbocycles. The summed E-state index contributed by atoms with van der Waals surface area (Å²) in [6.45, 7) is 2.19. The summed E-state index contributed by atoms with van der Waals surface area (Å²) in [5, 5.41) is 1.19. The zero-order valence-corrected chi connectivity index (χ0v) is 9.69. The number of hydrogen-bond donors (Lipinski definition) is 1. The van der Waals surface area contributed by atoms with E-state index in [1.54, 1.807) is 0 Å². The molecule has 84 valence electrons. The molecule has 0 saturated carbocycles. The molecule has 2 aromatic rings. The third-order valence-corrected chi connectivity index (χ3v) is 2.95. The van der Waals surface area contributed by atoms with Crippen molar-refractivity contribution in [3.63, 3.8) is 0 Å². The predicted octanol–water partition coefficient (Wildman–Crippen LogP) is 3.42. The third kappa shape index (κ3) is 2.22. The molecule has 0 saturated heterocycles. The molecule has 1 heterocycles. The van der Waals surface area contributed by atoms with Gasteiger partial charge in [0.25, 0.3) is 0 Å². The van der Waals surface area contributed by atoms with Crippen molar-refractivity contribution in [3.8, 4) is 0 Å². The smallest absolute Gasteiger partial charge is 0.0705 e. The lowest BCUT2D eigenvalue weighted by Gasteiger charge is -2.13. The van der Waals surface area contributed by atoms with E-state index in [2.05, 4.69) is 18.0 Å². The average molecular weight is 214 g/mol. The molecule has 2 heteroatoms. The molecule has 16 heavy (non-hydrogen) atoms. The number of nitrogens with two attached hydrogens (primary N) is 1. The molecule has 1 atom stereocenters. The number of pyridine rings is 1. The highest BCUT2D eigenvalue weighted by Crippen LogP contribution is 2.24. The zero-order valence-electron chi connectivity index (χ0n) is 9.69. The van der Waals surface area contributed by atoms with E-state index < -0.39 is 0 Å². The molecule has 0 aliphatic carbocycles. The Morgan fingerprint density at radius 1 is 1.25 bits per heavy atom. The van der Waals surface area contributed by atoms with E-state index in [1.807, 2.05) is 30.5 Å². The Hall–Kier alpha value is -1.41. The minimum Gasteiger partial charge on any atom is -0.324 e. The van der Waals surface area contributed by atoms with Crippen LogP contribution in [-0.2, 0) is 0 Å². The second kappa shape index (κ2) is 5.08. The molecular formula is C14H18N2. The van der Waals surface area contributed by atoms with Crippen molar-refractivity contribution in [2.24, 2.45) is 5.73 Å². The van der Waals surface area contributed by atoms with Crippen LogP contribution in [0.1, 0.15) is 37.8 Å². The molecule has 2 N–H and O–H groups in total. The molecule has 0 amide bonds. The van der Waals surface area contributed by atoms with Gasteiger partial charge in [0, 0.05) is 17.6 Å². The number of nitrogens with zero attached hydrogens (tertiary/aromatic N) is 1. The topological polar surface area (TPSA) is 38.9 Å². The van der Waals surface area contributed by atoms with Crippen LogP contribution in [0.4, 0.5) is 0 Å². The average Bonchev–Trinajstić information content (AvgIpc) is 2.35. The molecule has 0 spiro atoms. The van der Waals surface area contributed by atoms with Gasteiger partial charge in [-0.25, -0.2) is 0 Å². The van der Waals surface area contributed by atoms with Crippen molar-refractivity contribution in [1.82, 2.24) is 4.98 Å². The van der Waals surface area contributed by atoms with E-state index in [1.165, 1.54) is 23.8 Å². The van der Waals surface area contributed by atoms with Gasteiger partial charge in [-0.2, -0.15) is 0 Å². The Morgan fingerprint density at radius 2 is 2.06 bits per heavy atom. The maximum Gasteiger partial charge on any atom is 0.0705 e. The van der Waals surface area contributed by atoms with Gasteiger partial charge in [-0.3, -0.25) is 4.98 Å². The van der Waals surface area contributed by atoms with Gasteiger partial charge in [0.1, 0.15) is 0 Å². The number of para-hydroxylation sites is 1. The number of aromatic nitrogens is 1. The largest absolute Gasteiger partial charge is 0.324 e. The van der Waals surface area contributed by atoms with Crippen molar-refractivity contribution in [3.05, 3.63) is 42.1 Å². The van der Waals surface area contributed by atoms with Crippen LogP contribution in [0.3, 0.4) is 0 Å². The van der Waals surface area contributed by atoms with Gasteiger partial charge in [-0.1, -0.05) is 38.0 Å². The Bertz CT molecular complexity index is 460.